The molecule has 1 aromatic rings. The smallest absolute Gasteiger partial charge is 0.212 e. The lowest BCUT2D eigenvalue weighted by atomic mass is 9.98. The van der Waals surface area contributed by atoms with E-state index >= 15 is 0 Å². The van der Waals surface area contributed by atoms with Gasteiger partial charge >= 0.3 is 0 Å². The first-order valence-corrected chi connectivity index (χ1v) is 7.45. The summed E-state index contributed by atoms with van der Waals surface area (Å²) in [6, 6.07) is 9.76. The maximum atomic E-state index is 11.4. The second-order valence-electron chi connectivity index (χ2n) is 3.96. The molecule has 2 rings (SSSR count). The van der Waals surface area contributed by atoms with Crippen molar-refractivity contribution in [3.8, 4) is 0 Å². The van der Waals surface area contributed by atoms with Gasteiger partial charge in [0.05, 0.1) is 5.25 Å². The van der Waals surface area contributed by atoms with Crippen molar-refractivity contribution in [3.05, 3.63) is 35.9 Å². The molecule has 1 saturated carbocycles. The van der Waals surface area contributed by atoms with E-state index in [1.807, 2.05) is 30.3 Å². The van der Waals surface area contributed by atoms with Gasteiger partial charge in [0.2, 0.25) is 9.05 Å². The molecular formula is C11H13ClO2S. The molecule has 0 aliphatic heterocycles. The molecule has 15 heavy (non-hydrogen) atoms. The topological polar surface area (TPSA) is 34.1 Å². The van der Waals surface area contributed by atoms with Crippen molar-refractivity contribution in [1.82, 2.24) is 0 Å². The SMILES string of the molecule is O=S(=O)(Cl)C1CCCC1c1ccccc1. The summed E-state index contributed by atoms with van der Waals surface area (Å²) in [5, 5.41) is -0.401. The molecule has 0 aromatic heterocycles. The van der Waals surface area contributed by atoms with E-state index in [9.17, 15) is 8.42 Å². The molecule has 82 valence electrons. The van der Waals surface area contributed by atoms with Gasteiger partial charge in [0.25, 0.3) is 0 Å². The highest BCUT2D eigenvalue weighted by molar-refractivity contribution is 8.14. The number of halogens is 1. The maximum absolute atomic E-state index is 11.4. The van der Waals surface area contributed by atoms with Crippen molar-refractivity contribution in [2.45, 2.75) is 30.4 Å². The minimum atomic E-state index is -3.43. The van der Waals surface area contributed by atoms with Crippen LogP contribution in [-0.4, -0.2) is 13.7 Å². The number of rotatable bonds is 2. The molecule has 2 unspecified atom stereocenters. The zero-order valence-corrected chi connectivity index (χ0v) is 9.84. The lowest BCUT2D eigenvalue weighted by Gasteiger charge is -2.16. The van der Waals surface area contributed by atoms with Crippen LogP contribution in [0.3, 0.4) is 0 Å². The lowest BCUT2D eigenvalue weighted by molar-refractivity contribution is 0.584. The van der Waals surface area contributed by atoms with Crippen molar-refractivity contribution >= 4 is 19.7 Å². The summed E-state index contributed by atoms with van der Waals surface area (Å²) in [5.74, 6) is 0.0775. The molecule has 1 aromatic carbocycles. The van der Waals surface area contributed by atoms with Gasteiger partial charge in [0.1, 0.15) is 0 Å². The van der Waals surface area contributed by atoms with Gasteiger partial charge in [0, 0.05) is 16.6 Å². The fourth-order valence-corrected chi connectivity index (χ4v) is 4.12. The molecule has 0 amide bonds. The van der Waals surface area contributed by atoms with Crippen molar-refractivity contribution in [3.63, 3.8) is 0 Å². The Labute approximate surface area is 94.7 Å². The highest BCUT2D eigenvalue weighted by Crippen LogP contribution is 2.39. The minimum Gasteiger partial charge on any atom is -0.212 e. The predicted molar refractivity (Wildman–Crippen MR) is 61.6 cm³/mol. The van der Waals surface area contributed by atoms with Crippen LogP contribution in [0.2, 0.25) is 0 Å². The van der Waals surface area contributed by atoms with Crippen molar-refractivity contribution in [2.24, 2.45) is 0 Å². The zero-order valence-electron chi connectivity index (χ0n) is 8.27. The highest BCUT2D eigenvalue weighted by atomic mass is 35.7. The van der Waals surface area contributed by atoms with E-state index in [1.54, 1.807) is 0 Å². The van der Waals surface area contributed by atoms with Crippen LogP contribution in [0.4, 0.5) is 0 Å². The monoisotopic (exact) mass is 244 g/mol. The molecule has 1 fully saturated rings. The van der Waals surface area contributed by atoms with Gasteiger partial charge in [-0.3, -0.25) is 0 Å². The summed E-state index contributed by atoms with van der Waals surface area (Å²) >= 11 is 0. The summed E-state index contributed by atoms with van der Waals surface area (Å²) in [6.45, 7) is 0. The Bertz CT molecular complexity index is 427. The van der Waals surface area contributed by atoms with Crippen LogP contribution in [0.5, 0.6) is 0 Å². The second kappa shape index (κ2) is 4.14. The van der Waals surface area contributed by atoms with E-state index in [0.29, 0.717) is 6.42 Å². The van der Waals surface area contributed by atoms with E-state index in [4.69, 9.17) is 10.7 Å². The van der Waals surface area contributed by atoms with Crippen LogP contribution in [0.1, 0.15) is 30.7 Å². The van der Waals surface area contributed by atoms with Crippen LogP contribution in [0.25, 0.3) is 0 Å². The van der Waals surface area contributed by atoms with E-state index in [2.05, 4.69) is 0 Å². The van der Waals surface area contributed by atoms with Gasteiger partial charge in [-0.1, -0.05) is 36.8 Å². The molecule has 0 heterocycles. The van der Waals surface area contributed by atoms with Gasteiger partial charge in [-0.05, 0) is 18.4 Å². The van der Waals surface area contributed by atoms with Crippen LogP contribution in [0.15, 0.2) is 30.3 Å². The molecular weight excluding hydrogens is 232 g/mol. The molecule has 0 saturated heterocycles. The van der Waals surface area contributed by atoms with E-state index in [0.717, 1.165) is 18.4 Å². The Morgan fingerprint density at radius 1 is 1.13 bits per heavy atom. The Kier molecular flexibility index (Phi) is 3.03. The van der Waals surface area contributed by atoms with E-state index < -0.39 is 14.3 Å². The first kappa shape index (κ1) is 11.0. The quantitative estimate of drug-likeness (QED) is 0.750. The Hall–Kier alpha value is -0.540. The number of hydrogen-bond donors (Lipinski definition) is 0. The van der Waals surface area contributed by atoms with Gasteiger partial charge in [-0.15, -0.1) is 0 Å². The molecule has 0 bridgehead atoms. The molecule has 4 heteroatoms. The number of benzene rings is 1. The zero-order chi connectivity index (χ0) is 10.9. The van der Waals surface area contributed by atoms with Gasteiger partial charge in [-0.25, -0.2) is 8.42 Å². The van der Waals surface area contributed by atoms with Crippen molar-refractivity contribution < 1.29 is 8.42 Å². The molecule has 0 spiro atoms. The third-order valence-corrected chi connectivity index (χ3v) is 5.02. The third-order valence-electron chi connectivity index (χ3n) is 3.04. The Morgan fingerprint density at radius 3 is 2.40 bits per heavy atom. The second-order valence-corrected chi connectivity index (χ2v) is 6.81. The average molecular weight is 245 g/mol. The molecule has 1 aliphatic carbocycles. The largest absolute Gasteiger partial charge is 0.236 e. The number of hydrogen-bond acceptors (Lipinski definition) is 2. The van der Waals surface area contributed by atoms with Crippen LogP contribution in [-0.2, 0) is 9.05 Å². The summed E-state index contributed by atoms with van der Waals surface area (Å²) in [6.07, 6.45) is 2.54. The highest BCUT2D eigenvalue weighted by Gasteiger charge is 2.36. The van der Waals surface area contributed by atoms with Gasteiger partial charge < -0.3 is 0 Å². The van der Waals surface area contributed by atoms with Crippen LogP contribution >= 0.6 is 10.7 Å². The van der Waals surface area contributed by atoms with Crippen molar-refractivity contribution in [2.75, 3.05) is 0 Å². The fourth-order valence-electron chi connectivity index (χ4n) is 2.34. The minimum absolute atomic E-state index is 0.0775. The van der Waals surface area contributed by atoms with Crippen LogP contribution < -0.4 is 0 Å². The Balaban J connectivity index is 2.30. The third kappa shape index (κ3) is 2.34. The summed E-state index contributed by atoms with van der Waals surface area (Å²) < 4.78 is 22.8. The summed E-state index contributed by atoms with van der Waals surface area (Å²) in [5.41, 5.74) is 1.09. The molecule has 2 nitrogen and oxygen atoms in total. The predicted octanol–water partition coefficient (Wildman–Crippen LogP) is 2.89. The van der Waals surface area contributed by atoms with E-state index in [1.165, 1.54) is 0 Å². The normalized spacial score (nSPS) is 26.7. The molecule has 0 radical (unpaired) electrons. The Morgan fingerprint density at radius 2 is 1.80 bits per heavy atom. The van der Waals surface area contributed by atoms with Gasteiger partial charge in [-0.2, -0.15) is 0 Å². The molecule has 2 atom stereocenters. The first-order valence-electron chi connectivity index (χ1n) is 5.07. The molecule has 1 aliphatic rings. The standard InChI is InChI=1S/C11H13ClO2S/c12-15(13,14)11-8-4-7-10(11)9-5-2-1-3-6-9/h1-3,5-6,10-11H,4,7-8H2. The maximum Gasteiger partial charge on any atom is 0.236 e. The lowest BCUT2D eigenvalue weighted by Crippen LogP contribution is -2.19. The van der Waals surface area contributed by atoms with Crippen LogP contribution in [0, 0.1) is 0 Å². The average Bonchev–Trinajstić information content (AvgIpc) is 2.67. The fraction of sp³-hybridized carbons (Fsp3) is 0.455. The molecule has 0 N–H and O–H groups in total. The van der Waals surface area contributed by atoms with Crippen molar-refractivity contribution in [1.29, 1.82) is 0 Å². The summed E-state index contributed by atoms with van der Waals surface area (Å²) in [4.78, 5) is 0. The van der Waals surface area contributed by atoms with Gasteiger partial charge in [0.15, 0.2) is 0 Å². The first-order chi connectivity index (χ1) is 7.09. The van der Waals surface area contributed by atoms with E-state index in [-0.39, 0.29) is 5.92 Å². The summed E-state index contributed by atoms with van der Waals surface area (Å²) in [7, 11) is 2.03.